The third-order valence-electron chi connectivity index (χ3n) is 2.59. The van der Waals surface area contributed by atoms with Crippen molar-refractivity contribution in [2.24, 2.45) is 5.84 Å². The van der Waals surface area contributed by atoms with Gasteiger partial charge in [0.05, 0.1) is 6.61 Å². The van der Waals surface area contributed by atoms with Gasteiger partial charge in [-0.25, -0.2) is 8.78 Å². The number of hydrogen-bond donors (Lipinski definition) is 2. The highest BCUT2D eigenvalue weighted by Crippen LogP contribution is 2.23. The molecule has 1 rings (SSSR count). The summed E-state index contributed by atoms with van der Waals surface area (Å²) in [6.07, 6.45) is -3.33. The highest BCUT2D eigenvalue weighted by atomic mass is 79.9. The van der Waals surface area contributed by atoms with Crippen molar-refractivity contribution in [3.8, 4) is 0 Å². The molecule has 1 unspecified atom stereocenters. The van der Waals surface area contributed by atoms with E-state index in [-0.39, 0.29) is 6.61 Å². The van der Waals surface area contributed by atoms with Crippen LogP contribution in [0.5, 0.6) is 0 Å². The largest absolute Gasteiger partial charge is 0.373 e. The average Bonchev–Trinajstić information content (AvgIpc) is 2.39. The summed E-state index contributed by atoms with van der Waals surface area (Å²) in [5, 5.41) is 0. The maximum atomic E-state index is 12.7. The molecule has 0 aliphatic rings. The molecule has 20 heavy (non-hydrogen) atoms. The second-order valence-corrected chi connectivity index (χ2v) is 5.09. The average molecular weight is 359 g/mol. The van der Waals surface area contributed by atoms with E-state index in [4.69, 9.17) is 5.84 Å². The molecule has 1 atom stereocenters. The highest BCUT2D eigenvalue weighted by Gasteiger charge is 2.41. The van der Waals surface area contributed by atoms with Crippen LogP contribution in [0.4, 0.5) is 17.6 Å². The summed E-state index contributed by atoms with van der Waals surface area (Å²) < 4.78 is 54.7. The number of halogens is 5. The maximum absolute atomic E-state index is 12.7. The Morgan fingerprint density at radius 2 is 1.95 bits per heavy atom. The summed E-state index contributed by atoms with van der Waals surface area (Å²) in [7, 11) is 0. The van der Waals surface area contributed by atoms with E-state index in [1.165, 1.54) is 0 Å². The van der Waals surface area contributed by atoms with Crippen LogP contribution >= 0.6 is 15.9 Å². The minimum Gasteiger partial charge on any atom is -0.373 e. The molecule has 0 aliphatic heterocycles. The molecule has 0 saturated carbocycles. The van der Waals surface area contributed by atoms with Crippen molar-refractivity contribution in [1.29, 1.82) is 0 Å². The van der Waals surface area contributed by atoms with Crippen LogP contribution in [0.1, 0.15) is 5.56 Å². The Labute approximate surface area is 122 Å². The van der Waals surface area contributed by atoms with Crippen molar-refractivity contribution >= 4 is 15.9 Å². The fourth-order valence-electron chi connectivity index (χ4n) is 1.50. The molecule has 1 aromatic rings. The number of hydrazine groups is 1. The lowest BCUT2D eigenvalue weighted by Crippen LogP contribution is -2.42. The van der Waals surface area contributed by atoms with E-state index in [0.717, 1.165) is 10.0 Å². The van der Waals surface area contributed by atoms with Crippen molar-refractivity contribution < 1.29 is 22.3 Å². The maximum Gasteiger partial charge on any atom is 0.330 e. The number of rotatable bonds is 8. The van der Waals surface area contributed by atoms with Crippen LogP contribution in [0.25, 0.3) is 0 Å². The number of ether oxygens (including phenoxy) is 1. The molecule has 8 heteroatoms. The topological polar surface area (TPSA) is 47.3 Å². The fraction of sp³-hybridized carbons (Fsp3) is 0.500. The van der Waals surface area contributed by atoms with Crippen molar-refractivity contribution in [3.05, 3.63) is 34.3 Å². The van der Waals surface area contributed by atoms with Gasteiger partial charge in [0.15, 0.2) is 0 Å². The molecular weight excluding hydrogens is 344 g/mol. The first-order valence-electron chi connectivity index (χ1n) is 5.80. The second-order valence-electron chi connectivity index (χ2n) is 4.24. The molecule has 3 nitrogen and oxygen atoms in total. The molecule has 0 radical (unpaired) electrons. The number of alkyl halides is 4. The standard InChI is InChI=1S/C12H15BrF4N2O/c13-10-4-2-1-3-8(10)5-9(19-18)6-20-7-12(16,17)11(14)15/h1-4,9,11,19H,5-7,18H2. The summed E-state index contributed by atoms with van der Waals surface area (Å²) >= 11 is 3.34. The molecule has 0 heterocycles. The Kier molecular flexibility index (Phi) is 6.87. The SMILES string of the molecule is NNC(COCC(F)(F)C(F)F)Cc1ccccc1Br. The quantitative estimate of drug-likeness (QED) is 0.426. The summed E-state index contributed by atoms with van der Waals surface area (Å²) in [4.78, 5) is 0. The molecule has 0 aliphatic carbocycles. The number of hydrogen-bond acceptors (Lipinski definition) is 3. The van der Waals surface area contributed by atoms with E-state index in [2.05, 4.69) is 26.1 Å². The first kappa shape index (κ1) is 17.4. The van der Waals surface area contributed by atoms with Gasteiger partial charge >= 0.3 is 12.3 Å². The minimum atomic E-state index is -4.15. The second kappa shape index (κ2) is 7.92. The van der Waals surface area contributed by atoms with Gasteiger partial charge in [0, 0.05) is 10.5 Å². The molecule has 0 fully saturated rings. The van der Waals surface area contributed by atoms with Crippen molar-refractivity contribution in [1.82, 2.24) is 5.43 Å². The van der Waals surface area contributed by atoms with Crippen molar-refractivity contribution in [3.63, 3.8) is 0 Å². The third kappa shape index (κ3) is 5.35. The molecule has 0 spiro atoms. The van der Waals surface area contributed by atoms with Crippen molar-refractivity contribution in [2.45, 2.75) is 24.8 Å². The van der Waals surface area contributed by atoms with Crippen LogP contribution < -0.4 is 11.3 Å². The van der Waals surface area contributed by atoms with Crippen LogP contribution in [0, 0.1) is 0 Å². The first-order chi connectivity index (χ1) is 9.36. The highest BCUT2D eigenvalue weighted by molar-refractivity contribution is 9.10. The van der Waals surface area contributed by atoms with Gasteiger partial charge in [-0.1, -0.05) is 34.1 Å². The van der Waals surface area contributed by atoms with Gasteiger partial charge in [-0.05, 0) is 18.1 Å². The van der Waals surface area contributed by atoms with E-state index in [0.29, 0.717) is 6.42 Å². The Balaban J connectivity index is 2.47. The molecule has 0 saturated heterocycles. The summed E-state index contributed by atoms with van der Waals surface area (Å²) in [6, 6.07) is 6.86. The lowest BCUT2D eigenvalue weighted by molar-refractivity contribution is -0.167. The molecule has 1 aromatic carbocycles. The van der Waals surface area contributed by atoms with Gasteiger partial charge in [0.25, 0.3) is 0 Å². The molecule has 114 valence electrons. The fourth-order valence-corrected chi connectivity index (χ4v) is 1.94. The van der Waals surface area contributed by atoms with Crippen LogP contribution in [0.15, 0.2) is 28.7 Å². The number of benzene rings is 1. The Bertz CT molecular complexity index is 420. The first-order valence-corrected chi connectivity index (χ1v) is 6.59. The van der Waals surface area contributed by atoms with Gasteiger partial charge in [0.1, 0.15) is 6.61 Å². The lowest BCUT2D eigenvalue weighted by Gasteiger charge is -2.20. The number of nitrogens with one attached hydrogen (secondary N) is 1. The van der Waals surface area contributed by atoms with E-state index >= 15 is 0 Å². The van der Waals surface area contributed by atoms with Crippen LogP contribution in [-0.4, -0.2) is 31.6 Å². The van der Waals surface area contributed by atoms with Crippen LogP contribution in [0.3, 0.4) is 0 Å². The molecular formula is C12H15BrF4N2O. The van der Waals surface area contributed by atoms with E-state index in [1.54, 1.807) is 0 Å². The summed E-state index contributed by atoms with van der Waals surface area (Å²) in [5.74, 6) is 1.15. The van der Waals surface area contributed by atoms with Gasteiger partial charge < -0.3 is 4.74 Å². The smallest absolute Gasteiger partial charge is 0.330 e. The minimum absolute atomic E-state index is 0.194. The zero-order valence-electron chi connectivity index (χ0n) is 10.5. The van der Waals surface area contributed by atoms with Gasteiger partial charge in [0.2, 0.25) is 0 Å². The normalized spacial score (nSPS) is 13.8. The Morgan fingerprint density at radius 1 is 1.30 bits per heavy atom. The molecule has 3 N–H and O–H groups in total. The predicted octanol–water partition coefficient (Wildman–Crippen LogP) is 2.74. The van der Waals surface area contributed by atoms with Gasteiger partial charge in [-0.15, -0.1) is 0 Å². The van der Waals surface area contributed by atoms with E-state index < -0.39 is 25.0 Å². The zero-order valence-corrected chi connectivity index (χ0v) is 12.0. The third-order valence-corrected chi connectivity index (χ3v) is 3.37. The monoisotopic (exact) mass is 358 g/mol. The van der Waals surface area contributed by atoms with E-state index in [1.807, 2.05) is 24.3 Å². The van der Waals surface area contributed by atoms with Gasteiger partial charge in [-0.3, -0.25) is 11.3 Å². The van der Waals surface area contributed by atoms with Crippen molar-refractivity contribution in [2.75, 3.05) is 13.2 Å². The number of nitrogens with two attached hydrogens (primary N) is 1. The Hall–Kier alpha value is -0.700. The molecule has 0 amide bonds. The van der Waals surface area contributed by atoms with Gasteiger partial charge in [-0.2, -0.15) is 8.78 Å². The predicted molar refractivity (Wildman–Crippen MR) is 70.7 cm³/mol. The van der Waals surface area contributed by atoms with E-state index in [9.17, 15) is 17.6 Å². The van der Waals surface area contributed by atoms with Crippen LogP contribution in [-0.2, 0) is 11.2 Å². The van der Waals surface area contributed by atoms with Crippen LogP contribution in [0.2, 0.25) is 0 Å². The summed E-state index contributed by atoms with van der Waals surface area (Å²) in [6.45, 7) is -1.53. The molecule has 0 aromatic heterocycles. The molecule has 0 bridgehead atoms. The Morgan fingerprint density at radius 3 is 2.50 bits per heavy atom. The lowest BCUT2D eigenvalue weighted by atomic mass is 10.1. The summed E-state index contributed by atoms with van der Waals surface area (Å²) in [5.41, 5.74) is 3.32. The zero-order chi connectivity index (χ0) is 15.2.